The fourth-order valence-electron chi connectivity index (χ4n) is 3.61. The number of aromatic nitrogens is 1. The van der Waals surface area contributed by atoms with Gasteiger partial charge in [-0.1, -0.05) is 24.6 Å². The first-order valence-corrected chi connectivity index (χ1v) is 9.65. The standard InChI is InChI=1S/C20H28N4O3/c25-19(22-27)8-2-1-3-9-20(26)24-12-10-23(11-13-24)15-16-14-21-18-7-5-4-6-17(16)18/h4-7,14,21,27H,1-3,8-13,15H2,(H,22,25). The number of amides is 2. The van der Waals surface area contributed by atoms with E-state index in [1.165, 1.54) is 10.9 Å². The van der Waals surface area contributed by atoms with Crippen molar-refractivity contribution < 1.29 is 14.8 Å². The molecule has 0 bridgehead atoms. The van der Waals surface area contributed by atoms with Crippen LogP contribution in [0.2, 0.25) is 0 Å². The SMILES string of the molecule is O=C(CCCCCC(=O)N1CCN(Cc2c[nH]c3ccccc23)CC1)NO. The molecule has 1 aromatic heterocycles. The lowest BCUT2D eigenvalue weighted by Gasteiger charge is -2.34. The number of hydrogen-bond donors (Lipinski definition) is 3. The third-order valence-electron chi connectivity index (χ3n) is 5.21. The highest BCUT2D eigenvalue weighted by Gasteiger charge is 2.21. The lowest BCUT2D eigenvalue weighted by Crippen LogP contribution is -2.48. The molecule has 3 N–H and O–H groups in total. The predicted octanol–water partition coefficient (Wildman–Crippen LogP) is 2.27. The third kappa shape index (κ3) is 5.30. The number of piperazine rings is 1. The molecule has 7 nitrogen and oxygen atoms in total. The molecule has 3 rings (SSSR count). The van der Waals surface area contributed by atoms with Gasteiger partial charge in [-0.3, -0.25) is 19.7 Å². The van der Waals surface area contributed by atoms with Crippen LogP contribution in [0, 0.1) is 0 Å². The van der Waals surface area contributed by atoms with Crippen LogP contribution >= 0.6 is 0 Å². The van der Waals surface area contributed by atoms with Gasteiger partial charge < -0.3 is 9.88 Å². The molecule has 146 valence electrons. The Balaban J connectivity index is 1.37. The minimum Gasteiger partial charge on any atom is -0.361 e. The summed E-state index contributed by atoms with van der Waals surface area (Å²) >= 11 is 0. The highest BCUT2D eigenvalue weighted by atomic mass is 16.5. The molecule has 0 radical (unpaired) electrons. The third-order valence-corrected chi connectivity index (χ3v) is 5.21. The zero-order valence-electron chi connectivity index (χ0n) is 15.6. The second-order valence-electron chi connectivity index (χ2n) is 7.11. The molecule has 1 aromatic carbocycles. The number of carbonyl (C=O) groups is 2. The van der Waals surface area contributed by atoms with Gasteiger partial charge in [-0.15, -0.1) is 0 Å². The minimum atomic E-state index is -0.368. The zero-order valence-corrected chi connectivity index (χ0v) is 15.6. The van der Waals surface area contributed by atoms with Crippen LogP contribution in [0.4, 0.5) is 0 Å². The fourth-order valence-corrected chi connectivity index (χ4v) is 3.61. The molecule has 0 saturated carbocycles. The number of nitrogens with one attached hydrogen (secondary N) is 2. The summed E-state index contributed by atoms with van der Waals surface area (Å²) in [7, 11) is 0. The lowest BCUT2D eigenvalue weighted by molar-refractivity contribution is -0.133. The second kappa shape index (κ2) is 9.53. The van der Waals surface area contributed by atoms with Crippen molar-refractivity contribution in [1.82, 2.24) is 20.3 Å². The molecule has 1 saturated heterocycles. The Morgan fingerprint density at radius 3 is 2.56 bits per heavy atom. The highest BCUT2D eigenvalue weighted by molar-refractivity contribution is 5.83. The zero-order chi connectivity index (χ0) is 19.1. The average molecular weight is 372 g/mol. The number of unbranched alkanes of at least 4 members (excludes halogenated alkanes) is 2. The van der Waals surface area contributed by atoms with Gasteiger partial charge in [-0.2, -0.15) is 0 Å². The number of nitrogens with zero attached hydrogens (tertiary/aromatic N) is 2. The summed E-state index contributed by atoms with van der Waals surface area (Å²) in [6, 6.07) is 8.33. The quantitative estimate of drug-likeness (QED) is 0.377. The minimum absolute atomic E-state index is 0.202. The summed E-state index contributed by atoms with van der Waals surface area (Å²) in [5.74, 6) is -0.166. The molecule has 0 unspecified atom stereocenters. The van der Waals surface area contributed by atoms with Crippen molar-refractivity contribution in [3.8, 4) is 0 Å². The summed E-state index contributed by atoms with van der Waals surface area (Å²) in [5.41, 5.74) is 4.09. The Morgan fingerprint density at radius 2 is 1.78 bits per heavy atom. The van der Waals surface area contributed by atoms with Crippen LogP contribution in [-0.4, -0.2) is 58.0 Å². The molecule has 2 amide bonds. The van der Waals surface area contributed by atoms with E-state index in [1.807, 2.05) is 11.0 Å². The van der Waals surface area contributed by atoms with E-state index in [9.17, 15) is 9.59 Å². The first-order chi connectivity index (χ1) is 13.2. The van der Waals surface area contributed by atoms with Crippen molar-refractivity contribution in [2.24, 2.45) is 0 Å². The molecule has 0 aliphatic carbocycles. The molecule has 0 atom stereocenters. The van der Waals surface area contributed by atoms with E-state index in [0.29, 0.717) is 19.3 Å². The second-order valence-corrected chi connectivity index (χ2v) is 7.11. The van der Waals surface area contributed by atoms with Crippen LogP contribution < -0.4 is 5.48 Å². The van der Waals surface area contributed by atoms with Crippen molar-refractivity contribution in [2.75, 3.05) is 26.2 Å². The molecule has 27 heavy (non-hydrogen) atoms. The maximum Gasteiger partial charge on any atom is 0.243 e. The first-order valence-electron chi connectivity index (χ1n) is 9.65. The van der Waals surface area contributed by atoms with E-state index >= 15 is 0 Å². The summed E-state index contributed by atoms with van der Waals surface area (Å²) in [4.78, 5) is 30.9. The number of para-hydroxylation sites is 1. The Kier molecular flexibility index (Phi) is 6.84. The van der Waals surface area contributed by atoms with Crippen LogP contribution in [0.5, 0.6) is 0 Å². The van der Waals surface area contributed by atoms with Crippen molar-refractivity contribution in [3.63, 3.8) is 0 Å². The summed E-state index contributed by atoms with van der Waals surface area (Å²) in [5, 5.41) is 9.71. The van der Waals surface area contributed by atoms with E-state index in [0.717, 1.165) is 51.1 Å². The first kappa shape index (κ1) is 19.4. The van der Waals surface area contributed by atoms with Crippen LogP contribution in [0.1, 0.15) is 37.7 Å². The Morgan fingerprint density at radius 1 is 1.04 bits per heavy atom. The average Bonchev–Trinajstić information content (AvgIpc) is 3.11. The van der Waals surface area contributed by atoms with Gasteiger partial charge in [-0.25, -0.2) is 5.48 Å². The Labute approximate surface area is 159 Å². The summed E-state index contributed by atoms with van der Waals surface area (Å²) < 4.78 is 0. The maximum atomic E-state index is 12.3. The number of carbonyl (C=O) groups excluding carboxylic acids is 2. The van der Waals surface area contributed by atoms with E-state index in [4.69, 9.17) is 5.21 Å². The van der Waals surface area contributed by atoms with Gasteiger partial charge in [0.05, 0.1) is 0 Å². The maximum absolute atomic E-state index is 12.3. The smallest absolute Gasteiger partial charge is 0.243 e. The van der Waals surface area contributed by atoms with E-state index in [1.54, 1.807) is 5.48 Å². The fraction of sp³-hybridized carbons (Fsp3) is 0.500. The monoisotopic (exact) mass is 372 g/mol. The van der Waals surface area contributed by atoms with Crippen molar-refractivity contribution in [1.29, 1.82) is 0 Å². The number of H-pyrrole nitrogens is 1. The van der Waals surface area contributed by atoms with Gasteiger partial charge in [0, 0.05) is 62.7 Å². The van der Waals surface area contributed by atoms with Gasteiger partial charge in [0.1, 0.15) is 0 Å². The topological polar surface area (TPSA) is 88.7 Å². The number of fused-ring (bicyclic) bond motifs is 1. The molecule has 1 fully saturated rings. The summed E-state index contributed by atoms with van der Waals surface area (Å²) in [6.45, 7) is 4.23. The van der Waals surface area contributed by atoms with Crippen LogP contribution in [0.25, 0.3) is 10.9 Å². The van der Waals surface area contributed by atoms with Crippen molar-refractivity contribution >= 4 is 22.7 Å². The molecule has 7 heteroatoms. The van der Waals surface area contributed by atoms with E-state index in [2.05, 4.69) is 34.3 Å². The number of hydroxylamine groups is 1. The largest absolute Gasteiger partial charge is 0.361 e. The number of aromatic amines is 1. The molecule has 2 heterocycles. The van der Waals surface area contributed by atoms with Crippen molar-refractivity contribution in [2.45, 2.75) is 38.6 Å². The van der Waals surface area contributed by atoms with Gasteiger partial charge in [0.2, 0.25) is 11.8 Å². The molecular formula is C20H28N4O3. The molecule has 1 aliphatic heterocycles. The lowest BCUT2D eigenvalue weighted by atomic mass is 10.1. The van der Waals surface area contributed by atoms with Crippen LogP contribution in [0.15, 0.2) is 30.5 Å². The van der Waals surface area contributed by atoms with Crippen LogP contribution in [0.3, 0.4) is 0 Å². The number of hydrogen-bond acceptors (Lipinski definition) is 4. The van der Waals surface area contributed by atoms with Gasteiger partial charge in [0.15, 0.2) is 0 Å². The van der Waals surface area contributed by atoms with Crippen molar-refractivity contribution in [3.05, 3.63) is 36.0 Å². The van der Waals surface area contributed by atoms with E-state index in [-0.39, 0.29) is 11.8 Å². The predicted molar refractivity (Wildman–Crippen MR) is 103 cm³/mol. The normalized spacial score (nSPS) is 15.2. The van der Waals surface area contributed by atoms with E-state index < -0.39 is 0 Å². The van der Waals surface area contributed by atoms with Gasteiger partial charge in [-0.05, 0) is 24.5 Å². The van der Waals surface area contributed by atoms with Crippen LogP contribution in [-0.2, 0) is 16.1 Å². The molecule has 2 aromatic rings. The highest BCUT2D eigenvalue weighted by Crippen LogP contribution is 2.20. The number of benzene rings is 1. The molecular weight excluding hydrogens is 344 g/mol. The molecule has 0 spiro atoms. The Hall–Kier alpha value is -2.38. The molecule has 1 aliphatic rings. The van der Waals surface area contributed by atoms with Gasteiger partial charge in [0.25, 0.3) is 0 Å². The number of rotatable bonds is 8. The summed E-state index contributed by atoms with van der Waals surface area (Å²) in [6.07, 6.45) is 5.21. The Bertz CT molecular complexity index is 765. The van der Waals surface area contributed by atoms with Gasteiger partial charge >= 0.3 is 0 Å².